The van der Waals surface area contributed by atoms with Crippen LogP contribution >= 0.6 is 69.3 Å². The zero-order chi connectivity index (χ0) is 39.8. The van der Waals surface area contributed by atoms with Crippen molar-refractivity contribution in [1.82, 2.24) is 0 Å². The highest BCUT2D eigenvalue weighted by atomic mass is 32.2. The Morgan fingerprint density at radius 2 is 0.898 bits per heavy atom. The van der Waals surface area contributed by atoms with E-state index in [0.29, 0.717) is 18.1 Å². The Hall–Kier alpha value is -4.74. The van der Waals surface area contributed by atoms with Crippen molar-refractivity contribution in [3.63, 3.8) is 0 Å². The summed E-state index contributed by atoms with van der Waals surface area (Å²) in [5, 5.41) is 7.83. The molecule has 0 radical (unpaired) electrons. The van der Waals surface area contributed by atoms with Gasteiger partial charge < -0.3 is 9.47 Å². The third-order valence-electron chi connectivity index (χ3n) is 10.4. The topological polar surface area (TPSA) is 35.5 Å². The van der Waals surface area contributed by atoms with Gasteiger partial charge in [0.25, 0.3) is 0 Å². The van der Waals surface area contributed by atoms with E-state index in [0.717, 1.165) is 17.3 Å². The van der Waals surface area contributed by atoms with E-state index in [1.54, 1.807) is 12.1 Å². The zero-order valence-electron chi connectivity index (χ0n) is 31.7. The minimum Gasteiger partial charge on any atom is -0.493 e. The van der Waals surface area contributed by atoms with E-state index in [1.807, 2.05) is 81.4 Å². The lowest BCUT2D eigenvalue weighted by Crippen LogP contribution is -2.37. The predicted octanol–water partition coefficient (Wildman–Crippen LogP) is 15.6. The first-order valence-corrected chi connectivity index (χ1v) is 24.6. The van der Waals surface area contributed by atoms with Crippen LogP contribution in [0.4, 0.5) is 0 Å². The number of esters is 1. The number of hydrogen-bond acceptors (Lipinski definition) is 9. The molecule has 10 aromatic rings. The van der Waals surface area contributed by atoms with Crippen LogP contribution in [-0.2, 0) is 4.79 Å². The number of thiophene rings is 3. The molecule has 0 aliphatic rings. The molecule has 290 valence electrons. The number of carbonyl (C=O) groups excluding carboxylic acids is 1. The summed E-state index contributed by atoms with van der Waals surface area (Å²) in [6, 6.07) is 53.7. The number of carbonyl (C=O) groups is 1. The van der Waals surface area contributed by atoms with Crippen molar-refractivity contribution in [2.45, 2.75) is 14.7 Å². The van der Waals surface area contributed by atoms with Crippen LogP contribution < -0.4 is 9.47 Å². The smallest absolute Gasteiger partial charge is 0.335 e. The molecule has 0 unspecified atom stereocenters. The second kappa shape index (κ2) is 16.7. The van der Waals surface area contributed by atoms with Crippen molar-refractivity contribution < 1.29 is 14.3 Å². The van der Waals surface area contributed by atoms with Crippen molar-refractivity contribution >= 4 is 136 Å². The van der Waals surface area contributed by atoms with Gasteiger partial charge in [-0.25, -0.2) is 4.79 Å². The molecule has 0 atom stereocenters. The Morgan fingerprint density at radius 1 is 0.508 bits per heavy atom. The lowest BCUT2D eigenvalue weighted by atomic mass is 9.97. The van der Waals surface area contributed by atoms with Gasteiger partial charge in [-0.2, -0.15) is 0 Å². The fraction of sp³-hybridized carbons (Fsp3) is 0.100. The van der Waals surface area contributed by atoms with Gasteiger partial charge in [-0.3, -0.25) is 0 Å². The van der Waals surface area contributed by atoms with E-state index in [2.05, 4.69) is 134 Å². The minimum atomic E-state index is -0.498. The Kier molecular flexibility index (Phi) is 10.9. The molecule has 0 N–H and O–H groups in total. The standard InChI is InChI=1S/C50H36O3S6/c1-2-46(51)53-33-14-9-13-32(27-33)52-28-50(29-54-43-24-10-18-37-34-15-3-6-21-40(34)57-47(37)43,30-55-44-25-11-19-38-35-16-4-7-22-41(35)58-48(38)44)31-56-45-26-12-20-39-36-17-5-8-23-42(36)59-49(39)45/h2-27H,1,28-31H2. The third-order valence-corrected chi connectivity index (χ3v) is 18.7. The van der Waals surface area contributed by atoms with Crippen LogP contribution in [0.5, 0.6) is 11.5 Å². The number of fused-ring (bicyclic) bond motifs is 9. The van der Waals surface area contributed by atoms with Crippen LogP contribution in [0.15, 0.2) is 179 Å². The quantitative estimate of drug-likeness (QED) is 0.0469. The molecule has 0 spiro atoms. The number of ether oxygens (including phenoxy) is 2. The molecule has 9 heteroatoms. The van der Waals surface area contributed by atoms with Crippen molar-refractivity contribution in [3.8, 4) is 11.5 Å². The molecular formula is C50H36O3S6. The molecule has 3 aromatic heterocycles. The van der Waals surface area contributed by atoms with E-state index in [1.165, 1.54) is 81.3 Å². The first-order chi connectivity index (χ1) is 29.0. The lowest BCUT2D eigenvalue weighted by Gasteiger charge is -2.33. The number of rotatable bonds is 14. The Labute approximate surface area is 367 Å². The van der Waals surface area contributed by atoms with Crippen LogP contribution in [0.1, 0.15) is 0 Å². The molecular weight excluding hydrogens is 841 g/mol. The molecule has 0 saturated carbocycles. The highest BCUT2D eigenvalue weighted by Gasteiger charge is 2.34. The van der Waals surface area contributed by atoms with Gasteiger partial charge in [0.05, 0.1) is 6.61 Å². The normalized spacial score (nSPS) is 12.0. The van der Waals surface area contributed by atoms with Gasteiger partial charge in [-0.1, -0.05) is 104 Å². The van der Waals surface area contributed by atoms with Crippen molar-refractivity contribution in [2.24, 2.45) is 5.41 Å². The summed E-state index contributed by atoms with van der Waals surface area (Å²) in [6.07, 6.45) is 1.18. The molecule has 0 aliphatic carbocycles. The molecule has 0 amide bonds. The summed E-state index contributed by atoms with van der Waals surface area (Å²) >= 11 is 11.4. The van der Waals surface area contributed by atoms with E-state index in [-0.39, 0.29) is 5.41 Å². The molecule has 3 nitrogen and oxygen atoms in total. The monoisotopic (exact) mass is 876 g/mol. The second-order valence-electron chi connectivity index (χ2n) is 14.4. The zero-order valence-corrected chi connectivity index (χ0v) is 36.6. The van der Waals surface area contributed by atoms with Gasteiger partial charge in [-0.15, -0.1) is 69.3 Å². The minimum absolute atomic E-state index is 0.315. The van der Waals surface area contributed by atoms with Gasteiger partial charge in [0.1, 0.15) is 11.5 Å². The summed E-state index contributed by atoms with van der Waals surface area (Å²) in [7, 11) is 0. The molecule has 0 saturated heterocycles. The van der Waals surface area contributed by atoms with Crippen molar-refractivity contribution in [1.29, 1.82) is 0 Å². The maximum absolute atomic E-state index is 12.1. The Balaban J connectivity index is 1.05. The molecule has 10 rings (SSSR count). The van der Waals surface area contributed by atoms with Gasteiger partial charge in [0.15, 0.2) is 0 Å². The number of benzene rings is 7. The maximum atomic E-state index is 12.1. The highest BCUT2D eigenvalue weighted by molar-refractivity contribution is 8.01. The van der Waals surface area contributed by atoms with E-state index in [9.17, 15) is 4.79 Å². The van der Waals surface area contributed by atoms with Gasteiger partial charge >= 0.3 is 5.97 Å². The molecule has 0 aliphatic heterocycles. The number of thioether (sulfide) groups is 3. The summed E-state index contributed by atoms with van der Waals surface area (Å²) in [6.45, 7) is 4.03. The van der Waals surface area contributed by atoms with Gasteiger partial charge in [0.2, 0.25) is 0 Å². The summed E-state index contributed by atoms with van der Waals surface area (Å²) < 4.78 is 20.3. The summed E-state index contributed by atoms with van der Waals surface area (Å²) in [4.78, 5) is 16.0. The SMILES string of the molecule is C=CC(=O)Oc1cccc(OCC(CSc2cccc3c2sc2ccccc23)(CSc2cccc3c2sc2ccccc23)CSc2cccc3c2sc2ccccc23)c1. The molecule has 0 bridgehead atoms. The van der Waals surface area contributed by atoms with Crippen LogP contribution in [0.2, 0.25) is 0 Å². The van der Waals surface area contributed by atoms with Crippen molar-refractivity contribution in [2.75, 3.05) is 23.9 Å². The number of hydrogen-bond donors (Lipinski definition) is 0. The van der Waals surface area contributed by atoms with Crippen LogP contribution in [0, 0.1) is 5.41 Å². The fourth-order valence-electron chi connectivity index (χ4n) is 7.47. The van der Waals surface area contributed by atoms with Gasteiger partial charge in [-0.05, 0) is 48.5 Å². The first-order valence-electron chi connectivity index (χ1n) is 19.2. The van der Waals surface area contributed by atoms with E-state index < -0.39 is 5.97 Å². The molecule has 3 heterocycles. The van der Waals surface area contributed by atoms with Crippen LogP contribution in [-0.4, -0.2) is 29.8 Å². The molecule has 0 fully saturated rings. The first kappa shape index (κ1) is 38.5. The lowest BCUT2D eigenvalue weighted by molar-refractivity contribution is -0.128. The maximum Gasteiger partial charge on any atom is 0.335 e. The van der Waals surface area contributed by atoms with Crippen LogP contribution in [0.25, 0.3) is 60.5 Å². The molecule has 59 heavy (non-hydrogen) atoms. The van der Waals surface area contributed by atoms with E-state index in [4.69, 9.17) is 9.47 Å². The van der Waals surface area contributed by atoms with Crippen molar-refractivity contribution in [3.05, 3.63) is 164 Å². The van der Waals surface area contributed by atoms with Crippen LogP contribution in [0.3, 0.4) is 0 Å². The van der Waals surface area contributed by atoms with E-state index >= 15 is 0 Å². The third kappa shape index (κ3) is 7.76. The Bertz CT molecular complexity index is 2890. The van der Waals surface area contributed by atoms with Gasteiger partial charge in [0, 0.05) is 110 Å². The fourth-order valence-corrected chi connectivity index (χ4v) is 15.6. The largest absolute Gasteiger partial charge is 0.493 e. The Morgan fingerprint density at radius 3 is 1.34 bits per heavy atom. The summed E-state index contributed by atoms with van der Waals surface area (Å²) in [5.74, 6) is 3.08. The molecule has 7 aromatic carbocycles. The average Bonchev–Trinajstić information content (AvgIpc) is 3.98. The highest BCUT2D eigenvalue weighted by Crippen LogP contribution is 2.47. The summed E-state index contributed by atoms with van der Waals surface area (Å²) in [5.41, 5.74) is -0.315. The second-order valence-corrected chi connectivity index (χ2v) is 20.7. The predicted molar refractivity (Wildman–Crippen MR) is 260 cm³/mol. The average molecular weight is 877 g/mol.